The lowest BCUT2D eigenvalue weighted by molar-refractivity contribution is -0.0598. The van der Waals surface area contributed by atoms with Gasteiger partial charge in [0.15, 0.2) is 0 Å². The van der Waals surface area contributed by atoms with Crippen molar-refractivity contribution in [2.24, 2.45) is 0 Å². The Morgan fingerprint density at radius 2 is 1.93 bits per heavy atom. The van der Waals surface area contributed by atoms with Gasteiger partial charge in [0.2, 0.25) is 0 Å². The maximum atomic E-state index is 11.3. The average molecular weight is 194 g/mol. The van der Waals surface area contributed by atoms with Crippen molar-refractivity contribution < 1.29 is 9.63 Å². The number of hydrogen-bond acceptors (Lipinski definition) is 2. The van der Waals surface area contributed by atoms with Gasteiger partial charge >= 0.3 is 6.03 Å². The molecule has 1 N–H and O–H groups in total. The summed E-state index contributed by atoms with van der Waals surface area (Å²) in [6, 6.07) is 7.26. The highest BCUT2D eigenvalue weighted by Crippen LogP contribution is 2.08. The fraction of sp³-hybridized carbons (Fsp3) is 0.300. The second-order valence-electron chi connectivity index (χ2n) is 2.98. The summed E-state index contributed by atoms with van der Waals surface area (Å²) in [4.78, 5) is 16.0. The summed E-state index contributed by atoms with van der Waals surface area (Å²) in [5.74, 6) is 0. The SMILES string of the molecule is CON(C)C(=O)Nc1ccc(C)cc1. The quantitative estimate of drug-likeness (QED) is 0.732. The van der Waals surface area contributed by atoms with Crippen LogP contribution in [0, 0.1) is 6.92 Å². The van der Waals surface area contributed by atoms with Gasteiger partial charge < -0.3 is 5.32 Å². The summed E-state index contributed by atoms with van der Waals surface area (Å²) in [6.45, 7) is 1.99. The smallest absolute Gasteiger partial charge is 0.306 e. The zero-order chi connectivity index (χ0) is 10.6. The maximum Gasteiger partial charge on any atom is 0.345 e. The third-order valence-corrected chi connectivity index (χ3v) is 1.86. The third kappa shape index (κ3) is 2.74. The van der Waals surface area contributed by atoms with E-state index in [0.29, 0.717) is 0 Å². The van der Waals surface area contributed by atoms with Gasteiger partial charge in [0.05, 0.1) is 7.11 Å². The Bertz CT molecular complexity index is 308. The predicted molar refractivity (Wildman–Crippen MR) is 55.0 cm³/mol. The number of nitrogens with one attached hydrogen (secondary N) is 1. The number of hydroxylamine groups is 2. The van der Waals surface area contributed by atoms with Crippen molar-refractivity contribution in [3.05, 3.63) is 29.8 Å². The molecule has 4 heteroatoms. The van der Waals surface area contributed by atoms with Gasteiger partial charge in [-0.3, -0.25) is 4.84 Å². The van der Waals surface area contributed by atoms with E-state index in [2.05, 4.69) is 5.32 Å². The molecule has 76 valence electrons. The van der Waals surface area contributed by atoms with Crippen molar-refractivity contribution in [3.63, 3.8) is 0 Å². The molecular formula is C10H14N2O2. The van der Waals surface area contributed by atoms with Gasteiger partial charge in [-0.05, 0) is 19.1 Å². The van der Waals surface area contributed by atoms with Gasteiger partial charge in [0.25, 0.3) is 0 Å². The highest BCUT2D eigenvalue weighted by molar-refractivity contribution is 5.88. The first-order valence-electron chi connectivity index (χ1n) is 4.29. The Labute approximate surface area is 83.4 Å². The number of rotatable bonds is 2. The molecule has 1 aromatic carbocycles. The second kappa shape index (κ2) is 4.62. The molecule has 0 aliphatic heterocycles. The maximum absolute atomic E-state index is 11.3. The van der Waals surface area contributed by atoms with Crippen molar-refractivity contribution in [2.75, 3.05) is 19.5 Å². The van der Waals surface area contributed by atoms with Crippen molar-refractivity contribution in [2.45, 2.75) is 6.92 Å². The van der Waals surface area contributed by atoms with Crippen molar-refractivity contribution in [1.29, 1.82) is 0 Å². The van der Waals surface area contributed by atoms with E-state index < -0.39 is 0 Å². The minimum absolute atomic E-state index is 0.295. The molecule has 0 bridgehead atoms. The molecule has 0 fully saturated rings. The molecule has 4 nitrogen and oxygen atoms in total. The minimum Gasteiger partial charge on any atom is -0.306 e. The highest BCUT2D eigenvalue weighted by Gasteiger charge is 2.06. The van der Waals surface area contributed by atoms with E-state index in [9.17, 15) is 4.79 Å². The van der Waals surface area contributed by atoms with E-state index in [-0.39, 0.29) is 6.03 Å². The largest absolute Gasteiger partial charge is 0.345 e. The zero-order valence-electron chi connectivity index (χ0n) is 8.57. The number of anilines is 1. The molecule has 0 saturated carbocycles. The van der Waals surface area contributed by atoms with Crippen LogP contribution in [0.4, 0.5) is 10.5 Å². The lowest BCUT2D eigenvalue weighted by atomic mass is 10.2. The number of benzene rings is 1. The lowest BCUT2D eigenvalue weighted by Gasteiger charge is -2.14. The molecule has 0 heterocycles. The highest BCUT2D eigenvalue weighted by atomic mass is 16.7. The minimum atomic E-state index is -0.295. The number of carbonyl (C=O) groups excluding carboxylic acids is 1. The summed E-state index contributed by atoms with van der Waals surface area (Å²) < 4.78 is 0. The number of carbonyl (C=O) groups is 1. The monoisotopic (exact) mass is 194 g/mol. The molecule has 2 amide bonds. The van der Waals surface area contributed by atoms with Gasteiger partial charge in [-0.2, -0.15) is 0 Å². The number of aryl methyl sites for hydroxylation is 1. The second-order valence-corrected chi connectivity index (χ2v) is 2.98. The summed E-state index contributed by atoms with van der Waals surface area (Å²) in [5, 5.41) is 3.81. The van der Waals surface area contributed by atoms with Gasteiger partial charge in [-0.15, -0.1) is 0 Å². The molecule has 14 heavy (non-hydrogen) atoms. The molecule has 0 spiro atoms. The van der Waals surface area contributed by atoms with Crippen molar-refractivity contribution in [3.8, 4) is 0 Å². The summed E-state index contributed by atoms with van der Waals surface area (Å²) in [5.41, 5.74) is 1.91. The Balaban J connectivity index is 2.60. The predicted octanol–water partition coefficient (Wildman–Crippen LogP) is 2.02. The first-order chi connectivity index (χ1) is 6.63. The average Bonchev–Trinajstić information content (AvgIpc) is 2.20. The Morgan fingerprint density at radius 3 is 2.43 bits per heavy atom. The van der Waals surface area contributed by atoms with Crippen LogP contribution in [-0.4, -0.2) is 25.3 Å². The first-order valence-corrected chi connectivity index (χ1v) is 4.29. The van der Waals surface area contributed by atoms with E-state index >= 15 is 0 Å². The van der Waals surface area contributed by atoms with Crippen molar-refractivity contribution >= 4 is 11.7 Å². The summed E-state index contributed by atoms with van der Waals surface area (Å²) >= 11 is 0. The Kier molecular flexibility index (Phi) is 3.48. The molecule has 0 aliphatic carbocycles. The van der Waals surface area contributed by atoms with E-state index in [1.807, 2.05) is 31.2 Å². The van der Waals surface area contributed by atoms with Crippen molar-refractivity contribution in [1.82, 2.24) is 5.06 Å². The van der Waals surface area contributed by atoms with E-state index in [1.165, 1.54) is 7.11 Å². The molecule has 0 aliphatic rings. The van der Waals surface area contributed by atoms with Gasteiger partial charge in [0.1, 0.15) is 0 Å². The van der Waals surface area contributed by atoms with Crippen LogP contribution in [0.2, 0.25) is 0 Å². The zero-order valence-corrected chi connectivity index (χ0v) is 8.57. The topological polar surface area (TPSA) is 41.6 Å². The van der Waals surface area contributed by atoms with Gasteiger partial charge in [-0.1, -0.05) is 17.7 Å². The number of nitrogens with zero attached hydrogens (tertiary/aromatic N) is 1. The van der Waals surface area contributed by atoms with Crippen LogP contribution in [-0.2, 0) is 4.84 Å². The molecule has 1 rings (SSSR count). The molecule has 0 aromatic heterocycles. The molecular weight excluding hydrogens is 180 g/mol. The molecule has 1 aromatic rings. The van der Waals surface area contributed by atoms with Gasteiger partial charge in [-0.25, -0.2) is 9.86 Å². The van der Waals surface area contributed by atoms with Crippen LogP contribution in [0.5, 0.6) is 0 Å². The number of urea groups is 1. The van der Waals surface area contributed by atoms with E-state index in [0.717, 1.165) is 16.3 Å². The van der Waals surface area contributed by atoms with Crippen LogP contribution in [0.15, 0.2) is 24.3 Å². The third-order valence-electron chi connectivity index (χ3n) is 1.86. The Morgan fingerprint density at radius 1 is 1.36 bits per heavy atom. The Hall–Kier alpha value is -1.55. The van der Waals surface area contributed by atoms with Crippen LogP contribution in [0.3, 0.4) is 0 Å². The van der Waals surface area contributed by atoms with Gasteiger partial charge in [0, 0.05) is 12.7 Å². The first kappa shape index (κ1) is 10.5. The number of hydrogen-bond donors (Lipinski definition) is 1. The fourth-order valence-corrected chi connectivity index (χ4v) is 0.922. The normalized spacial score (nSPS) is 9.64. The van der Waals surface area contributed by atoms with E-state index in [4.69, 9.17) is 4.84 Å². The van der Waals surface area contributed by atoms with Crippen LogP contribution in [0.1, 0.15) is 5.56 Å². The van der Waals surface area contributed by atoms with E-state index in [1.54, 1.807) is 7.05 Å². The molecule has 0 unspecified atom stereocenters. The van der Waals surface area contributed by atoms with Crippen LogP contribution in [0.25, 0.3) is 0 Å². The molecule has 0 atom stereocenters. The molecule has 0 saturated heterocycles. The standard InChI is InChI=1S/C10H14N2O2/c1-8-4-6-9(7-5-8)11-10(13)12(2)14-3/h4-7H,1-3H3,(H,11,13). The summed E-state index contributed by atoms with van der Waals surface area (Å²) in [6.07, 6.45) is 0. The number of amides is 2. The lowest BCUT2D eigenvalue weighted by Crippen LogP contribution is -2.30. The summed E-state index contributed by atoms with van der Waals surface area (Å²) in [7, 11) is 2.98. The fourth-order valence-electron chi connectivity index (χ4n) is 0.922. The van der Waals surface area contributed by atoms with Crippen LogP contribution >= 0.6 is 0 Å². The molecule has 0 radical (unpaired) electrons. The van der Waals surface area contributed by atoms with Crippen LogP contribution < -0.4 is 5.32 Å².